The number of nitrogens with two attached hydrogens (primary N) is 1. The molecule has 0 spiro atoms. The number of hydrogen-bond donors (Lipinski definition) is 2. The molecule has 0 aliphatic heterocycles. The number of rotatable bonds is 5. The molecule has 1 unspecified atom stereocenters. The van der Waals surface area contributed by atoms with Gasteiger partial charge in [0.1, 0.15) is 11.6 Å². The largest absolute Gasteiger partial charge is 0.335 e. The highest BCUT2D eigenvalue weighted by Crippen LogP contribution is 2.14. The van der Waals surface area contributed by atoms with Crippen LogP contribution in [0.15, 0.2) is 24.7 Å². The maximum atomic E-state index is 5.62. The quantitative estimate of drug-likeness (QED) is 0.601. The molecular weight excluding hydrogens is 228 g/mol. The summed E-state index contributed by atoms with van der Waals surface area (Å²) in [6.45, 7) is 4.85. The normalized spacial score (nSPS) is 12.6. The first-order valence-electron chi connectivity index (χ1n) is 6.00. The van der Waals surface area contributed by atoms with Gasteiger partial charge in [0.25, 0.3) is 0 Å². The van der Waals surface area contributed by atoms with Crippen LogP contribution in [0.2, 0.25) is 0 Å². The van der Waals surface area contributed by atoms with Gasteiger partial charge in [-0.2, -0.15) is 0 Å². The first-order chi connectivity index (χ1) is 8.74. The summed E-state index contributed by atoms with van der Waals surface area (Å²) in [4.78, 5) is 12.8. The number of hydrogen-bond acceptors (Lipinski definition) is 5. The molecule has 2 aromatic rings. The fraction of sp³-hybridized carbons (Fsp3) is 0.417. The zero-order chi connectivity index (χ0) is 13.0. The van der Waals surface area contributed by atoms with E-state index >= 15 is 0 Å². The number of aryl methyl sites for hydroxylation is 2. The Morgan fingerprint density at radius 1 is 1.39 bits per heavy atom. The zero-order valence-electron chi connectivity index (χ0n) is 10.7. The maximum Gasteiger partial charge on any atom is 0.125 e. The van der Waals surface area contributed by atoms with Crippen LogP contribution in [0.25, 0.3) is 0 Å². The summed E-state index contributed by atoms with van der Waals surface area (Å²) in [5, 5.41) is 0. The van der Waals surface area contributed by atoms with Crippen LogP contribution in [0.4, 0.5) is 0 Å². The Hall–Kier alpha value is -1.79. The molecule has 6 heteroatoms. The molecule has 0 amide bonds. The molecule has 0 radical (unpaired) electrons. The molecule has 3 N–H and O–H groups in total. The van der Waals surface area contributed by atoms with Gasteiger partial charge in [0.15, 0.2) is 0 Å². The number of hydrazine groups is 1. The van der Waals surface area contributed by atoms with Gasteiger partial charge in [-0.1, -0.05) is 0 Å². The van der Waals surface area contributed by atoms with Gasteiger partial charge >= 0.3 is 0 Å². The van der Waals surface area contributed by atoms with Crippen molar-refractivity contribution in [3.05, 3.63) is 42.0 Å². The monoisotopic (exact) mass is 246 g/mol. The molecule has 0 aromatic carbocycles. The van der Waals surface area contributed by atoms with Gasteiger partial charge in [-0.05, 0) is 19.9 Å². The van der Waals surface area contributed by atoms with Crippen molar-refractivity contribution in [2.45, 2.75) is 32.9 Å². The molecule has 2 heterocycles. The predicted molar refractivity (Wildman–Crippen MR) is 68.4 cm³/mol. The molecule has 1 atom stereocenters. The van der Waals surface area contributed by atoms with E-state index in [1.54, 1.807) is 12.4 Å². The van der Waals surface area contributed by atoms with Crippen LogP contribution in [0.3, 0.4) is 0 Å². The summed E-state index contributed by atoms with van der Waals surface area (Å²) in [5.74, 6) is 7.35. The third-order valence-electron chi connectivity index (χ3n) is 2.88. The Bertz CT molecular complexity index is 507. The smallest absolute Gasteiger partial charge is 0.125 e. The van der Waals surface area contributed by atoms with Crippen LogP contribution >= 0.6 is 0 Å². The third kappa shape index (κ3) is 2.72. The molecule has 2 aromatic heterocycles. The lowest BCUT2D eigenvalue weighted by Gasteiger charge is -2.15. The lowest BCUT2D eigenvalue weighted by atomic mass is 10.1. The minimum absolute atomic E-state index is 0.0561. The van der Waals surface area contributed by atoms with Crippen molar-refractivity contribution in [3.63, 3.8) is 0 Å². The Morgan fingerprint density at radius 2 is 2.22 bits per heavy atom. The lowest BCUT2D eigenvalue weighted by Crippen LogP contribution is -2.31. The van der Waals surface area contributed by atoms with Crippen molar-refractivity contribution in [2.75, 3.05) is 0 Å². The molecule has 6 nitrogen and oxygen atoms in total. The average Bonchev–Trinajstić information content (AvgIpc) is 2.83. The van der Waals surface area contributed by atoms with E-state index in [0.717, 1.165) is 23.9 Å². The first kappa shape index (κ1) is 12.7. The van der Waals surface area contributed by atoms with Crippen LogP contribution in [-0.2, 0) is 13.0 Å². The standard InChI is InChI=1S/C12H18N6/c1-3-18-7-6-15-12(18)8-11(17-13)10-4-5-14-9(2)16-10/h4-7,11,17H,3,8,13H2,1-2H3. The second kappa shape index (κ2) is 5.70. The van der Waals surface area contributed by atoms with E-state index in [1.165, 1.54) is 0 Å². The van der Waals surface area contributed by atoms with Crippen LogP contribution in [0.1, 0.15) is 30.3 Å². The van der Waals surface area contributed by atoms with Crippen molar-refractivity contribution in [3.8, 4) is 0 Å². The van der Waals surface area contributed by atoms with E-state index in [2.05, 4.69) is 31.9 Å². The van der Waals surface area contributed by atoms with E-state index in [4.69, 9.17) is 5.84 Å². The fourth-order valence-electron chi connectivity index (χ4n) is 1.92. The summed E-state index contributed by atoms with van der Waals surface area (Å²) in [7, 11) is 0. The maximum absolute atomic E-state index is 5.62. The van der Waals surface area contributed by atoms with E-state index in [-0.39, 0.29) is 6.04 Å². The topological polar surface area (TPSA) is 81.7 Å². The Kier molecular flexibility index (Phi) is 4.01. The number of imidazole rings is 1. The fourth-order valence-corrected chi connectivity index (χ4v) is 1.92. The molecule has 0 aliphatic carbocycles. The SMILES string of the molecule is CCn1ccnc1CC(NN)c1ccnc(C)n1. The average molecular weight is 246 g/mol. The van der Waals surface area contributed by atoms with Gasteiger partial charge in [-0.25, -0.2) is 15.0 Å². The molecule has 18 heavy (non-hydrogen) atoms. The lowest BCUT2D eigenvalue weighted by molar-refractivity contribution is 0.510. The van der Waals surface area contributed by atoms with Gasteiger partial charge in [0, 0.05) is 31.6 Å². The molecule has 0 saturated carbocycles. The summed E-state index contributed by atoms with van der Waals surface area (Å²) in [6, 6.07) is 1.82. The Labute approximate surface area is 106 Å². The highest BCUT2D eigenvalue weighted by Gasteiger charge is 2.15. The van der Waals surface area contributed by atoms with Crippen molar-refractivity contribution in [2.24, 2.45) is 5.84 Å². The minimum Gasteiger partial charge on any atom is -0.335 e. The molecule has 0 aliphatic rings. The first-order valence-corrected chi connectivity index (χ1v) is 6.00. The highest BCUT2D eigenvalue weighted by atomic mass is 15.2. The molecular formula is C12H18N6. The van der Waals surface area contributed by atoms with E-state index in [0.29, 0.717) is 6.42 Å². The summed E-state index contributed by atoms with van der Waals surface area (Å²) in [5.41, 5.74) is 3.68. The molecule has 2 rings (SSSR count). The van der Waals surface area contributed by atoms with Crippen molar-refractivity contribution < 1.29 is 0 Å². The van der Waals surface area contributed by atoms with Crippen LogP contribution in [-0.4, -0.2) is 19.5 Å². The van der Waals surface area contributed by atoms with Crippen LogP contribution in [0, 0.1) is 6.92 Å². The van der Waals surface area contributed by atoms with Crippen molar-refractivity contribution in [1.82, 2.24) is 24.9 Å². The van der Waals surface area contributed by atoms with Gasteiger partial charge < -0.3 is 4.57 Å². The number of nitrogens with zero attached hydrogens (tertiary/aromatic N) is 4. The van der Waals surface area contributed by atoms with Gasteiger partial charge in [0.2, 0.25) is 0 Å². The summed E-state index contributed by atoms with van der Waals surface area (Å²) in [6.07, 6.45) is 6.22. The van der Waals surface area contributed by atoms with E-state index in [1.807, 2.05) is 19.2 Å². The highest BCUT2D eigenvalue weighted by molar-refractivity contribution is 5.10. The Morgan fingerprint density at radius 3 is 2.89 bits per heavy atom. The van der Waals surface area contributed by atoms with Crippen molar-refractivity contribution in [1.29, 1.82) is 0 Å². The van der Waals surface area contributed by atoms with E-state index < -0.39 is 0 Å². The van der Waals surface area contributed by atoms with Crippen LogP contribution < -0.4 is 11.3 Å². The third-order valence-corrected chi connectivity index (χ3v) is 2.88. The molecule has 0 saturated heterocycles. The Balaban J connectivity index is 2.20. The molecule has 0 bridgehead atoms. The van der Waals surface area contributed by atoms with E-state index in [9.17, 15) is 0 Å². The van der Waals surface area contributed by atoms with Crippen LogP contribution in [0.5, 0.6) is 0 Å². The van der Waals surface area contributed by atoms with Gasteiger partial charge in [-0.15, -0.1) is 0 Å². The molecule has 96 valence electrons. The van der Waals surface area contributed by atoms with Gasteiger partial charge in [-0.3, -0.25) is 11.3 Å². The predicted octanol–water partition coefficient (Wildman–Crippen LogP) is 0.749. The zero-order valence-corrected chi connectivity index (χ0v) is 10.7. The second-order valence-corrected chi connectivity index (χ2v) is 4.08. The summed E-state index contributed by atoms with van der Waals surface area (Å²) >= 11 is 0. The molecule has 0 fully saturated rings. The summed E-state index contributed by atoms with van der Waals surface area (Å²) < 4.78 is 2.10. The number of aromatic nitrogens is 4. The van der Waals surface area contributed by atoms with Crippen molar-refractivity contribution >= 4 is 0 Å². The van der Waals surface area contributed by atoms with Gasteiger partial charge in [0.05, 0.1) is 11.7 Å². The minimum atomic E-state index is -0.0561. The number of nitrogens with one attached hydrogen (secondary N) is 1. The second-order valence-electron chi connectivity index (χ2n) is 4.08.